The van der Waals surface area contributed by atoms with Crippen LogP contribution >= 0.6 is 0 Å². The molecule has 6 heavy (non-hydrogen) atoms. The van der Waals surface area contributed by atoms with Crippen molar-refractivity contribution in [2.24, 2.45) is 0 Å². The van der Waals surface area contributed by atoms with Crippen molar-refractivity contribution in [1.82, 2.24) is 0 Å². The summed E-state index contributed by atoms with van der Waals surface area (Å²) in [5, 5.41) is 0. The van der Waals surface area contributed by atoms with Gasteiger partial charge in [0.15, 0.2) is 0 Å². The van der Waals surface area contributed by atoms with Crippen LogP contribution < -0.4 is 0 Å². The molecule has 0 amide bonds. The van der Waals surface area contributed by atoms with Crippen molar-refractivity contribution in [2.75, 3.05) is 5.44 Å². The molecule has 0 N–H and O–H groups in total. The van der Waals surface area contributed by atoms with E-state index in [2.05, 4.69) is 0 Å². The molecule has 0 fully saturated rings. The van der Waals surface area contributed by atoms with E-state index in [9.17, 15) is 4.91 Å². The summed E-state index contributed by atoms with van der Waals surface area (Å²) in [5.74, 6) is 0. The first kappa shape index (κ1) is 4.03. The summed E-state index contributed by atoms with van der Waals surface area (Å²) < 4.78 is 0.958. The predicted octanol–water partition coefficient (Wildman–Crippen LogP) is -0.0882. The molecule has 0 saturated heterocycles. The van der Waals surface area contributed by atoms with Crippen LogP contribution in [0.4, 0.5) is 0 Å². The van der Waals surface area contributed by atoms with Crippen molar-refractivity contribution >= 4 is 15.0 Å². The zero-order valence-corrected chi connectivity index (χ0v) is 4.84. The summed E-state index contributed by atoms with van der Waals surface area (Å²) in [5.41, 5.74) is 0.715. The standard InChI is InChI=1S/C3H4NOSe/c5-4-1-2-6-3-4/h1-2H,3H2/q+1. The summed E-state index contributed by atoms with van der Waals surface area (Å²) in [7, 11) is 0. The second-order valence-electron chi connectivity index (χ2n) is 0.998. The fourth-order valence-electron chi connectivity index (χ4n) is 0.270. The number of hydrogen-bond acceptors (Lipinski definition) is 1. The zero-order chi connectivity index (χ0) is 4.41. The van der Waals surface area contributed by atoms with E-state index in [0.29, 0.717) is 20.4 Å². The molecule has 1 rings (SSSR count). The monoisotopic (exact) mass is 150 g/mol. The molecule has 1 heterocycles. The van der Waals surface area contributed by atoms with E-state index in [1.165, 1.54) is 0 Å². The van der Waals surface area contributed by atoms with Crippen molar-refractivity contribution in [3.05, 3.63) is 16.1 Å². The summed E-state index contributed by atoms with van der Waals surface area (Å²) >= 11 is 0.474. The molecule has 0 aromatic carbocycles. The topological polar surface area (TPSA) is 20.1 Å². The van der Waals surface area contributed by atoms with Crippen LogP contribution in [0.1, 0.15) is 0 Å². The van der Waals surface area contributed by atoms with Gasteiger partial charge in [-0.15, -0.1) is 0 Å². The molecular weight excluding hydrogens is 145 g/mol. The Labute approximate surface area is 42.0 Å². The van der Waals surface area contributed by atoms with Gasteiger partial charge in [-0.2, -0.15) is 0 Å². The average Bonchev–Trinajstić information content (AvgIpc) is 1.86. The average molecular weight is 149 g/mol. The van der Waals surface area contributed by atoms with E-state index >= 15 is 0 Å². The van der Waals surface area contributed by atoms with Gasteiger partial charge in [-0.3, -0.25) is 0 Å². The normalized spacial score (nSPS) is 19.7. The van der Waals surface area contributed by atoms with Gasteiger partial charge in [-0.05, 0) is 0 Å². The Kier molecular flexibility index (Phi) is 1.03. The fraction of sp³-hybridized carbons (Fsp3) is 0.333. The molecule has 1 aliphatic rings. The third kappa shape index (κ3) is 0.671. The van der Waals surface area contributed by atoms with E-state index in [1.54, 1.807) is 6.20 Å². The quantitative estimate of drug-likeness (QED) is 0.348. The van der Waals surface area contributed by atoms with Crippen LogP contribution in [-0.4, -0.2) is 25.2 Å². The predicted molar refractivity (Wildman–Crippen MR) is 23.4 cm³/mol. The number of nitrogens with zero attached hydrogens (tertiary/aromatic N) is 1. The second kappa shape index (κ2) is 1.54. The first-order valence-corrected chi connectivity index (χ1v) is 3.82. The summed E-state index contributed by atoms with van der Waals surface area (Å²) in [6.07, 6.45) is 1.58. The minimum atomic E-state index is 0.474. The summed E-state index contributed by atoms with van der Waals surface area (Å²) in [6, 6.07) is 0. The molecule has 0 saturated carbocycles. The molecular formula is C3H4NOSe+. The van der Waals surface area contributed by atoms with Crippen molar-refractivity contribution in [3.63, 3.8) is 0 Å². The molecule has 2 nitrogen and oxygen atoms in total. The van der Waals surface area contributed by atoms with Gasteiger partial charge in [0.25, 0.3) is 0 Å². The molecule has 0 bridgehead atoms. The van der Waals surface area contributed by atoms with Crippen molar-refractivity contribution < 1.29 is 4.76 Å². The van der Waals surface area contributed by atoms with Crippen LogP contribution in [0.5, 0.6) is 0 Å². The Morgan fingerprint density at radius 3 is 2.83 bits per heavy atom. The number of nitroso groups, excluding NO2 is 1. The summed E-state index contributed by atoms with van der Waals surface area (Å²) in [4.78, 5) is 12.0. The Hall–Kier alpha value is -0.141. The molecule has 0 aromatic heterocycles. The molecule has 32 valence electrons. The Bertz CT molecular complexity index is 99.0. The van der Waals surface area contributed by atoms with Crippen molar-refractivity contribution in [2.45, 2.75) is 0 Å². The third-order valence-electron chi connectivity index (χ3n) is 0.525. The fourth-order valence-corrected chi connectivity index (χ4v) is 1.41. The van der Waals surface area contributed by atoms with Gasteiger partial charge < -0.3 is 0 Å². The Morgan fingerprint density at radius 2 is 2.67 bits per heavy atom. The van der Waals surface area contributed by atoms with Gasteiger partial charge in [0.05, 0.1) is 0 Å². The first-order chi connectivity index (χ1) is 2.89. The first-order valence-electron chi connectivity index (χ1n) is 1.61. The zero-order valence-electron chi connectivity index (χ0n) is 3.13. The molecule has 3 heteroatoms. The molecule has 0 aliphatic carbocycles. The van der Waals surface area contributed by atoms with Gasteiger partial charge in [-0.25, -0.2) is 0 Å². The molecule has 0 unspecified atom stereocenters. The number of hydrogen-bond donors (Lipinski definition) is 0. The van der Waals surface area contributed by atoms with Gasteiger partial charge >= 0.3 is 41.2 Å². The Morgan fingerprint density at radius 1 is 1.83 bits per heavy atom. The Balaban J connectivity index is 2.59. The SMILES string of the molecule is O=[N+]1C=C[Se]C1. The van der Waals surface area contributed by atoms with E-state index in [4.69, 9.17) is 0 Å². The van der Waals surface area contributed by atoms with E-state index in [-0.39, 0.29) is 0 Å². The van der Waals surface area contributed by atoms with Gasteiger partial charge in [0.1, 0.15) is 0 Å². The van der Waals surface area contributed by atoms with Gasteiger partial charge in [0.2, 0.25) is 0 Å². The van der Waals surface area contributed by atoms with Crippen LogP contribution in [0.2, 0.25) is 0 Å². The number of rotatable bonds is 0. The van der Waals surface area contributed by atoms with Crippen LogP contribution in [0, 0.1) is 4.91 Å². The van der Waals surface area contributed by atoms with Gasteiger partial charge in [0, 0.05) is 0 Å². The maximum absolute atomic E-state index is 10.1. The van der Waals surface area contributed by atoms with Crippen LogP contribution in [-0.2, 0) is 0 Å². The summed E-state index contributed by atoms with van der Waals surface area (Å²) in [6.45, 7) is 0. The van der Waals surface area contributed by atoms with Crippen LogP contribution in [0.25, 0.3) is 0 Å². The minimum absolute atomic E-state index is 0.474. The van der Waals surface area contributed by atoms with Crippen molar-refractivity contribution in [1.29, 1.82) is 0 Å². The third-order valence-corrected chi connectivity index (χ3v) is 2.03. The van der Waals surface area contributed by atoms with Crippen LogP contribution in [0.3, 0.4) is 0 Å². The van der Waals surface area contributed by atoms with E-state index in [1.807, 2.05) is 4.97 Å². The van der Waals surface area contributed by atoms with Crippen molar-refractivity contribution in [3.8, 4) is 0 Å². The molecule has 1 aliphatic heterocycles. The molecule has 0 aromatic rings. The van der Waals surface area contributed by atoms with Gasteiger partial charge in [-0.1, -0.05) is 0 Å². The molecule has 0 radical (unpaired) electrons. The van der Waals surface area contributed by atoms with Crippen LogP contribution in [0.15, 0.2) is 11.2 Å². The van der Waals surface area contributed by atoms with E-state index < -0.39 is 0 Å². The molecule has 0 spiro atoms. The second-order valence-corrected chi connectivity index (χ2v) is 2.81. The molecule has 0 atom stereocenters. The maximum atomic E-state index is 10.1. The van der Waals surface area contributed by atoms with E-state index in [0.717, 1.165) is 4.76 Å².